The lowest BCUT2D eigenvalue weighted by Crippen LogP contribution is -2.00. The summed E-state index contributed by atoms with van der Waals surface area (Å²) in [6.45, 7) is 3.84. The van der Waals surface area contributed by atoms with Crippen molar-refractivity contribution in [3.63, 3.8) is 0 Å². The molecule has 1 aromatic rings. The van der Waals surface area contributed by atoms with Gasteiger partial charge in [-0.15, -0.1) is 0 Å². The molecule has 0 aliphatic rings. The van der Waals surface area contributed by atoms with E-state index >= 15 is 0 Å². The molecule has 1 aromatic carbocycles. The van der Waals surface area contributed by atoms with Crippen LogP contribution in [0.4, 0.5) is 0 Å². The molecule has 0 unspecified atom stereocenters. The predicted molar refractivity (Wildman–Crippen MR) is 53.8 cm³/mol. The van der Waals surface area contributed by atoms with Crippen LogP contribution in [0.15, 0.2) is 12.1 Å². The number of carbonyl (C=O) groups is 1. The molecule has 1 rings (SSSR count). The summed E-state index contributed by atoms with van der Waals surface area (Å²) in [5.74, 6) is -1.18. The highest BCUT2D eigenvalue weighted by molar-refractivity contribution is 5.91. The Labute approximate surface area is 83.0 Å². The van der Waals surface area contributed by atoms with Crippen LogP contribution in [0.25, 0.3) is 0 Å². The molecule has 3 heteroatoms. The van der Waals surface area contributed by atoms with Gasteiger partial charge in [0.2, 0.25) is 0 Å². The third kappa shape index (κ3) is 1.87. The van der Waals surface area contributed by atoms with Gasteiger partial charge in [-0.2, -0.15) is 0 Å². The van der Waals surface area contributed by atoms with E-state index in [1.165, 1.54) is 6.07 Å². The van der Waals surface area contributed by atoms with Gasteiger partial charge in [0.15, 0.2) is 0 Å². The molecule has 0 amide bonds. The molecule has 0 bridgehead atoms. The van der Waals surface area contributed by atoms with Gasteiger partial charge in [-0.1, -0.05) is 19.9 Å². The van der Waals surface area contributed by atoms with Gasteiger partial charge in [0.05, 0.1) is 0 Å². The van der Waals surface area contributed by atoms with E-state index in [2.05, 4.69) is 0 Å². The summed E-state index contributed by atoms with van der Waals surface area (Å²) in [5, 5.41) is 18.4. The zero-order chi connectivity index (χ0) is 10.7. The summed E-state index contributed by atoms with van der Waals surface area (Å²) in [4.78, 5) is 10.8. The van der Waals surface area contributed by atoms with E-state index < -0.39 is 5.97 Å². The van der Waals surface area contributed by atoms with Gasteiger partial charge in [0, 0.05) is 0 Å². The lowest BCUT2D eigenvalue weighted by molar-refractivity contribution is 0.0693. The SMILES string of the molecule is CCc1cc(CC)c(O)c(C(=O)O)c1. The maximum absolute atomic E-state index is 10.8. The molecule has 2 N–H and O–H groups in total. The van der Waals surface area contributed by atoms with Crippen molar-refractivity contribution in [3.8, 4) is 5.75 Å². The second-order valence-electron chi connectivity index (χ2n) is 3.16. The number of rotatable bonds is 3. The fraction of sp³-hybridized carbons (Fsp3) is 0.364. The van der Waals surface area contributed by atoms with E-state index in [0.717, 1.165) is 12.0 Å². The van der Waals surface area contributed by atoms with Crippen molar-refractivity contribution in [2.24, 2.45) is 0 Å². The van der Waals surface area contributed by atoms with Gasteiger partial charge in [0.1, 0.15) is 11.3 Å². The van der Waals surface area contributed by atoms with E-state index in [1.54, 1.807) is 0 Å². The van der Waals surface area contributed by atoms with Crippen molar-refractivity contribution in [1.29, 1.82) is 0 Å². The molecule has 0 heterocycles. The molecule has 0 fully saturated rings. The van der Waals surface area contributed by atoms with Crippen LogP contribution in [0.2, 0.25) is 0 Å². The number of hydrogen-bond acceptors (Lipinski definition) is 2. The van der Waals surface area contributed by atoms with E-state index in [-0.39, 0.29) is 11.3 Å². The molecule has 0 aliphatic heterocycles. The highest BCUT2D eigenvalue weighted by atomic mass is 16.4. The van der Waals surface area contributed by atoms with Crippen molar-refractivity contribution in [3.05, 3.63) is 28.8 Å². The average molecular weight is 194 g/mol. The lowest BCUT2D eigenvalue weighted by atomic mass is 10.0. The van der Waals surface area contributed by atoms with Crippen molar-refractivity contribution in [1.82, 2.24) is 0 Å². The summed E-state index contributed by atoms with van der Waals surface area (Å²) in [6, 6.07) is 3.37. The molecule has 0 spiro atoms. The molecular weight excluding hydrogens is 180 g/mol. The maximum Gasteiger partial charge on any atom is 0.339 e. The summed E-state index contributed by atoms with van der Waals surface area (Å²) in [7, 11) is 0. The highest BCUT2D eigenvalue weighted by Crippen LogP contribution is 2.25. The molecule has 14 heavy (non-hydrogen) atoms. The minimum atomic E-state index is -1.08. The van der Waals surface area contributed by atoms with Crippen molar-refractivity contribution >= 4 is 5.97 Å². The number of aromatic carboxylic acids is 1. The van der Waals surface area contributed by atoms with E-state index in [4.69, 9.17) is 5.11 Å². The molecule has 0 aromatic heterocycles. The Morgan fingerprint density at radius 1 is 1.29 bits per heavy atom. The zero-order valence-electron chi connectivity index (χ0n) is 8.37. The number of hydrogen-bond donors (Lipinski definition) is 2. The van der Waals surface area contributed by atoms with Crippen LogP contribution in [0.3, 0.4) is 0 Å². The molecule has 76 valence electrons. The molecule has 0 radical (unpaired) electrons. The topological polar surface area (TPSA) is 57.5 Å². The molecule has 0 aliphatic carbocycles. The molecule has 0 atom stereocenters. The van der Waals surface area contributed by atoms with Crippen LogP contribution < -0.4 is 0 Å². The van der Waals surface area contributed by atoms with Crippen LogP contribution in [-0.2, 0) is 12.8 Å². The molecule has 3 nitrogen and oxygen atoms in total. The first-order valence-corrected chi connectivity index (χ1v) is 4.68. The largest absolute Gasteiger partial charge is 0.507 e. The molecule has 0 saturated carbocycles. The van der Waals surface area contributed by atoms with Gasteiger partial charge in [0.25, 0.3) is 0 Å². The number of aryl methyl sites for hydroxylation is 2. The molecular formula is C11H14O3. The van der Waals surface area contributed by atoms with Crippen LogP contribution in [0.1, 0.15) is 35.3 Å². The lowest BCUT2D eigenvalue weighted by Gasteiger charge is -2.08. The third-order valence-corrected chi connectivity index (χ3v) is 2.27. The van der Waals surface area contributed by atoms with Crippen LogP contribution >= 0.6 is 0 Å². The monoisotopic (exact) mass is 194 g/mol. The first-order chi connectivity index (χ1) is 6.60. The maximum atomic E-state index is 10.8. The number of carboxylic acids is 1. The second-order valence-corrected chi connectivity index (χ2v) is 3.16. The van der Waals surface area contributed by atoms with Crippen LogP contribution in [0.5, 0.6) is 5.75 Å². The zero-order valence-corrected chi connectivity index (χ0v) is 8.37. The van der Waals surface area contributed by atoms with Crippen molar-refractivity contribution < 1.29 is 15.0 Å². The Hall–Kier alpha value is -1.51. The van der Waals surface area contributed by atoms with Gasteiger partial charge in [-0.25, -0.2) is 4.79 Å². The van der Waals surface area contributed by atoms with E-state index in [0.29, 0.717) is 12.0 Å². The average Bonchev–Trinajstić information content (AvgIpc) is 2.17. The van der Waals surface area contributed by atoms with Crippen molar-refractivity contribution in [2.75, 3.05) is 0 Å². The number of phenols is 1. The summed E-state index contributed by atoms with van der Waals surface area (Å²) >= 11 is 0. The van der Waals surface area contributed by atoms with E-state index in [9.17, 15) is 9.90 Å². The Morgan fingerprint density at radius 2 is 1.93 bits per heavy atom. The fourth-order valence-electron chi connectivity index (χ4n) is 1.40. The predicted octanol–water partition coefficient (Wildman–Crippen LogP) is 2.22. The quantitative estimate of drug-likeness (QED) is 0.775. The number of carboxylic acid groups (broad SMARTS) is 1. The Kier molecular flexibility index (Phi) is 3.12. The van der Waals surface area contributed by atoms with Crippen LogP contribution in [-0.4, -0.2) is 16.2 Å². The van der Waals surface area contributed by atoms with Crippen LogP contribution in [0, 0.1) is 0 Å². The smallest absolute Gasteiger partial charge is 0.339 e. The Morgan fingerprint density at radius 3 is 2.36 bits per heavy atom. The highest BCUT2D eigenvalue weighted by Gasteiger charge is 2.13. The first kappa shape index (κ1) is 10.6. The second kappa shape index (κ2) is 4.13. The number of benzene rings is 1. The number of aromatic hydroxyl groups is 1. The summed E-state index contributed by atoms with van der Waals surface area (Å²) in [5.41, 5.74) is 1.64. The fourth-order valence-corrected chi connectivity index (χ4v) is 1.40. The van der Waals surface area contributed by atoms with Crippen molar-refractivity contribution in [2.45, 2.75) is 26.7 Å². The third-order valence-electron chi connectivity index (χ3n) is 2.27. The van der Waals surface area contributed by atoms with Gasteiger partial charge < -0.3 is 10.2 Å². The normalized spacial score (nSPS) is 10.1. The minimum absolute atomic E-state index is 0.00111. The van der Waals surface area contributed by atoms with Gasteiger partial charge in [-0.05, 0) is 30.0 Å². The van der Waals surface area contributed by atoms with E-state index in [1.807, 2.05) is 19.9 Å². The standard InChI is InChI=1S/C11H14O3/c1-3-7-5-8(4-2)10(12)9(6-7)11(13)14/h5-6,12H,3-4H2,1-2H3,(H,13,14). The van der Waals surface area contributed by atoms with Gasteiger partial charge in [-0.3, -0.25) is 0 Å². The minimum Gasteiger partial charge on any atom is -0.507 e. The Bertz CT molecular complexity index is 356. The first-order valence-electron chi connectivity index (χ1n) is 4.68. The summed E-state index contributed by atoms with van der Waals surface area (Å²) in [6.07, 6.45) is 1.41. The van der Waals surface area contributed by atoms with Gasteiger partial charge >= 0.3 is 5.97 Å². The summed E-state index contributed by atoms with van der Waals surface area (Å²) < 4.78 is 0. The Balaban J connectivity index is 3.34. The molecule has 0 saturated heterocycles.